The van der Waals surface area contributed by atoms with Crippen LogP contribution in [0.4, 0.5) is 0 Å². The number of carbonyl (C=O) groups is 1. The van der Waals surface area contributed by atoms with Gasteiger partial charge in [-0.3, -0.25) is 4.79 Å². The number of carbonyl (C=O) groups excluding carboxylic acids is 1. The van der Waals surface area contributed by atoms with Crippen LogP contribution in [0.25, 0.3) is 6.08 Å². The molecule has 0 radical (unpaired) electrons. The van der Waals surface area contributed by atoms with E-state index >= 15 is 0 Å². The Kier molecular flexibility index (Phi) is 6.94. The van der Waals surface area contributed by atoms with Gasteiger partial charge in [-0.1, -0.05) is 59.6 Å². The molecular weight excluding hydrogens is 479 g/mol. The van der Waals surface area contributed by atoms with Crippen molar-refractivity contribution in [2.24, 2.45) is 11.0 Å². The van der Waals surface area contributed by atoms with Crippen LogP contribution in [0.2, 0.25) is 10.0 Å². The predicted octanol–water partition coefficient (Wildman–Crippen LogP) is 7.50. The summed E-state index contributed by atoms with van der Waals surface area (Å²) in [6, 6.07) is 23.0. The number of hydrogen-bond acceptors (Lipinski definition) is 3. The second-order valence-electron chi connectivity index (χ2n) is 9.04. The van der Waals surface area contributed by atoms with Crippen molar-refractivity contribution in [3.05, 3.63) is 105 Å². The number of amides is 1. The van der Waals surface area contributed by atoms with Gasteiger partial charge in [-0.15, -0.1) is 0 Å². The fourth-order valence-electron chi connectivity index (χ4n) is 4.88. The number of aryl methyl sites for hydroxylation is 1. The average molecular weight is 505 g/mol. The molecule has 0 bridgehead atoms. The maximum absolute atomic E-state index is 13.4. The minimum Gasteiger partial charge on any atom is -0.484 e. The van der Waals surface area contributed by atoms with Crippen LogP contribution in [-0.2, 0) is 4.79 Å². The minimum atomic E-state index is -0.190. The van der Waals surface area contributed by atoms with Gasteiger partial charge in [0, 0.05) is 16.0 Å². The van der Waals surface area contributed by atoms with Gasteiger partial charge in [-0.05, 0) is 90.9 Å². The normalized spacial score (nSPS) is 20.5. The lowest BCUT2D eigenvalue weighted by atomic mass is 9.77. The van der Waals surface area contributed by atoms with E-state index in [1.807, 2.05) is 79.7 Å². The van der Waals surface area contributed by atoms with Crippen LogP contribution in [0.3, 0.4) is 0 Å². The van der Waals surface area contributed by atoms with Crippen molar-refractivity contribution < 1.29 is 9.53 Å². The number of ether oxygens (including phenoxy) is 1. The van der Waals surface area contributed by atoms with E-state index in [4.69, 9.17) is 33.0 Å². The monoisotopic (exact) mass is 504 g/mol. The number of halogens is 2. The molecule has 0 unspecified atom stereocenters. The molecule has 0 spiro atoms. The Morgan fingerprint density at radius 1 is 1.06 bits per heavy atom. The number of nitrogens with zero attached hydrogens (tertiary/aromatic N) is 2. The smallest absolute Gasteiger partial charge is 0.281 e. The molecular formula is C29H26Cl2N2O2. The standard InChI is InChI=1S/C29H26Cl2N2O2/c1-19-4-2-6-25(16-19)35-18-27(34)33-29(21-10-14-24(31)15-11-21)26-7-3-5-22(28(26)32-33)17-20-8-12-23(30)13-9-20/h2,4,6,8-17,26,29H,3,5,7,18H2,1H3/b22-17-/t26-,29-/m0/s1. The molecule has 178 valence electrons. The summed E-state index contributed by atoms with van der Waals surface area (Å²) in [4.78, 5) is 13.4. The Balaban J connectivity index is 1.46. The van der Waals surface area contributed by atoms with E-state index in [0.717, 1.165) is 47.2 Å². The van der Waals surface area contributed by atoms with Gasteiger partial charge < -0.3 is 4.74 Å². The Morgan fingerprint density at radius 2 is 1.77 bits per heavy atom. The summed E-state index contributed by atoms with van der Waals surface area (Å²) < 4.78 is 5.84. The Hall–Kier alpha value is -3.08. The number of benzene rings is 3. The highest BCUT2D eigenvalue weighted by Crippen LogP contribution is 2.44. The van der Waals surface area contributed by atoms with E-state index in [1.54, 1.807) is 5.01 Å². The van der Waals surface area contributed by atoms with E-state index < -0.39 is 0 Å². The van der Waals surface area contributed by atoms with Crippen molar-refractivity contribution in [3.8, 4) is 5.75 Å². The van der Waals surface area contributed by atoms with Gasteiger partial charge in [-0.25, -0.2) is 5.01 Å². The Morgan fingerprint density at radius 3 is 2.49 bits per heavy atom. The highest BCUT2D eigenvalue weighted by atomic mass is 35.5. The molecule has 1 heterocycles. The number of rotatable bonds is 5. The van der Waals surface area contributed by atoms with Crippen LogP contribution in [0.15, 0.2) is 83.5 Å². The third kappa shape index (κ3) is 5.29. The van der Waals surface area contributed by atoms with Crippen LogP contribution in [-0.4, -0.2) is 23.2 Å². The number of fused-ring (bicyclic) bond motifs is 1. The van der Waals surface area contributed by atoms with E-state index in [-0.39, 0.29) is 24.5 Å². The van der Waals surface area contributed by atoms with E-state index in [0.29, 0.717) is 15.8 Å². The molecule has 4 nitrogen and oxygen atoms in total. The SMILES string of the molecule is Cc1cccc(OCC(=O)N2N=C3/C(=C\c4ccc(Cl)cc4)CCC[C@@H]3[C@@H]2c2ccc(Cl)cc2)c1. The lowest BCUT2D eigenvalue weighted by molar-refractivity contribution is -0.135. The van der Waals surface area contributed by atoms with Crippen LogP contribution >= 0.6 is 23.2 Å². The highest BCUT2D eigenvalue weighted by molar-refractivity contribution is 6.30. The summed E-state index contributed by atoms with van der Waals surface area (Å²) in [5, 5.41) is 7.91. The molecule has 1 aliphatic heterocycles. The lowest BCUT2D eigenvalue weighted by Crippen LogP contribution is -2.34. The Bertz CT molecular complexity index is 1280. The van der Waals surface area contributed by atoms with Crippen molar-refractivity contribution >= 4 is 40.9 Å². The number of allylic oxidation sites excluding steroid dienone is 1. The van der Waals surface area contributed by atoms with Gasteiger partial charge in [0.05, 0.1) is 11.8 Å². The van der Waals surface area contributed by atoms with E-state index in [1.165, 1.54) is 0 Å². The van der Waals surface area contributed by atoms with Crippen molar-refractivity contribution in [2.45, 2.75) is 32.2 Å². The first-order valence-corrected chi connectivity index (χ1v) is 12.6. The fourth-order valence-corrected chi connectivity index (χ4v) is 5.13. The van der Waals surface area contributed by atoms with Gasteiger partial charge in [0.1, 0.15) is 5.75 Å². The highest BCUT2D eigenvalue weighted by Gasteiger charge is 2.43. The molecule has 2 aliphatic rings. The zero-order valence-corrected chi connectivity index (χ0v) is 21.0. The zero-order valence-electron chi connectivity index (χ0n) is 19.5. The summed E-state index contributed by atoms with van der Waals surface area (Å²) >= 11 is 12.2. The number of hydrazone groups is 1. The van der Waals surface area contributed by atoms with Crippen LogP contribution in [0.1, 0.15) is 42.0 Å². The molecule has 0 aromatic heterocycles. The molecule has 1 amide bonds. The molecule has 35 heavy (non-hydrogen) atoms. The maximum Gasteiger partial charge on any atom is 0.281 e. The van der Waals surface area contributed by atoms with Gasteiger partial charge in [0.25, 0.3) is 5.91 Å². The third-order valence-electron chi connectivity index (χ3n) is 6.53. The fraction of sp³-hybridized carbons (Fsp3) is 0.241. The lowest BCUT2D eigenvalue weighted by Gasteiger charge is -2.29. The van der Waals surface area contributed by atoms with E-state index in [2.05, 4.69) is 6.08 Å². The summed E-state index contributed by atoms with van der Waals surface area (Å²) in [5.41, 5.74) is 5.32. The average Bonchev–Trinajstić information content (AvgIpc) is 3.25. The van der Waals surface area contributed by atoms with Crippen LogP contribution in [0.5, 0.6) is 5.75 Å². The number of hydrogen-bond donors (Lipinski definition) is 0. The first-order chi connectivity index (χ1) is 17.0. The molecule has 1 fully saturated rings. The largest absolute Gasteiger partial charge is 0.484 e. The van der Waals surface area contributed by atoms with Crippen LogP contribution < -0.4 is 4.74 Å². The molecule has 0 saturated heterocycles. The van der Waals surface area contributed by atoms with E-state index in [9.17, 15) is 4.79 Å². The van der Waals surface area contributed by atoms with Gasteiger partial charge in [-0.2, -0.15) is 5.10 Å². The summed E-state index contributed by atoms with van der Waals surface area (Å²) in [6.45, 7) is 1.92. The van der Waals surface area contributed by atoms with Crippen molar-refractivity contribution in [1.29, 1.82) is 0 Å². The third-order valence-corrected chi connectivity index (χ3v) is 7.04. The quantitative estimate of drug-likeness (QED) is 0.360. The topological polar surface area (TPSA) is 41.9 Å². The summed E-state index contributed by atoms with van der Waals surface area (Å²) in [5.74, 6) is 0.625. The second-order valence-corrected chi connectivity index (χ2v) is 9.92. The minimum absolute atomic E-state index is 0.0761. The molecule has 1 saturated carbocycles. The van der Waals surface area contributed by atoms with Crippen molar-refractivity contribution in [3.63, 3.8) is 0 Å². The molecule has 3 aromatic rings. The predicted molar refractivity (Wildman–Crippen MR) is 142 cm³/mol. The summed E-state index contributed by atoms with van der Waals surface area (Å²) in [6.07, 6.45) is 5.09. The second kappa shape index (κ2) is 10.3. The van der Waals surface area contributed by atoms with Gasteiger partial charge in [0.15, 0.2) is 6.61 Å². The first kappa shape index (κ1) is 23.7. The molecule has 1 aliphatic carbocycles. The van der Waals surface area contributed by atoms with Crippen molar-refractivity contribution in [2.75, 3.05) is 6.61 Å². The van der Waals surface area contributed by atoms with Crippen LogP contribution in [0, 0.1) is 12.8 Å². The first-order valence-electron chi connectivity index (χ1n) is 11.8. The molecule has 3 aromatic carbocycles. The molecule has 0 N–H and O–H groups in total. The maximum atomic E-state index is 13.4. The molecule has 2 atom stereocenters. The van der Waals surface area contributed by atoms with Gasteiger partial charge in [0.2, 0.25) is 0 Å². The zero-order chi connectivity index (χ0) is 24.4. The van der Waals surface area contributed by atoms with Crippen molar-refractivity contribution in [1.82, 2.24) is 5.01 Å². The summed E-state index contributed by atoms with van der Waals surface area (Å²) in [7, 11) is 0. The Labute approximate surface area is 215 Å². The molecule has 6 heteroatoms. The van der Waals surface area contributed by atoms with Gasteiger partial charge >= 0.3 is 0 Å². The molecule has 5 rings (SSSR count).